The topological polar surface area (TPSA) is 15.3 Å². The van der Waals surface area contributed by atoms with E-state index in [1.165, 1.54) is 0 Å². The van der Waals surface area contributed by atoms with Crippen LogP contribution in [0.2, 0.25) is 0 Å². The van der Waals surface area contributed by atoms with Gasteiger partial charge < -0.3 is 10.2 Å². The van der Waals surface area contributed by atoms with E-state index >= 15 is 0 Å². The Hall–Kier alpha value is -1.09. The second-order valence-corrected chi connectivity index (χ2v) is 6.03. The molecule has 0 amide bonds. The van der Waals surface area contributed by atoms with Gasteiger partial charge in [0, 0.05) is 18.6 Å². The van der Waals surface area contributed by atoms with E-state index in [1.807, 2.05) is 12.1 Å². The van der Waals surface area contributed by atoms with E-state index < -0.39 is 0 Å². The summed E-state index contributed by atoms with van der Waals surface area (Å²) in [6.45, 7) is 9.19. The highest BCUT2D eigenvalue weighted by Gasteiger charge is 2.33. The van der Waals surface area contributed by atoms with Gasteiger partial charge >= 0.3 is 0 Å². The number of halogens is 1. The van der Waals surface area contributed by atoms with Gasteiger partial charge in [-0.15, -0.1) is 0 Å². The van der Waals surface area contributed by atoms with Crippen LogP contribution in [0.15, 0.2) is 18.2 Å². The average molecular weight is 264 g/mol. The van der Waals surface area contributed by atoms with E-state index in [9.17, 15) is 4.39 Å². The van der Waals surface area contributed by atoms with Gasteiger partial charge in [0.05, 0.1) is 5.69 Å². The minimum atomic E-state index is -0.0919. The van der Waals surface area contributed by atoms with Crippen molar-refractivity contribution >= 4 is 5.69 Å². The van der Waals surface area contributed by atoms with Crippen molar-refractivity contribution < 1.29 is 4.39 Å². The maximum Gasteiger partial charge on any atom is 0.146 e. The van der Waals surface area contributed by atoms with Crippen molar-refractivity contribution in [3.05, 3.63) is 29.6 Å². The molecule has 2 rings (SSSR count). The molecular weight excluding hydrogens is 239 g/mol. The molecule has 0 radical (unpaired) electrons. The Morgan fingerprint density at radius 2 is 2.16 bits per heavy atom. The van der Waals surface area contributed by atoms with Crippen molar-refractivity contribution in [1.82, 2.24) is 5.32 Å². The van der Waals surface area contributed by atoms with Gasteiger partial charge in [-0.25, -0.2) is 4.39 Å². The summed E-state index contributed by atoms with van der Waals surface area (Å²) in [7, 11) is 0. The maximum atomic E-state index is 14.3. The minimum absolute atomic E-state index is 0.0722. The van der Waals surface area contributed by atoms with E-state index in [-0.39, 0.29) is 11.4 Å². The fourth-order valence-corrected chi connectivity index (χ4v) is 2.84. The fraction of sp³-hybridized carbons (Fsp3) is 0.625. The normalized spacial score (nSPS) is 18.0. The second kappa shape index (κ2) is 5.91. The standard InChI is InChI=1S/C16H25FN2/c1-4-9-18-12-13-6-7-15(14(17)11-13)19-10-5-8-16(19,2)3/h6-7,11,18H,4-5,8-10,12H2,1-3H3. The largest absolute Gasteiger partial charge is 0.364 e. The van der Waals surface area contributed by atoms with E-state index in [1.54, 1.807) is 6.07 Å². The van der Waals surface area contributed by atoms with Gasteiger partial charge in [0.2, 0.25) is 0 Å². The number of rotatable bonds is 5. The molecule has 1 aromatic rings. The molecule has 0 aromatic heterocycles. The molecule has 0 spiro atoms. The highest BCUT2D eigenvalue weighted by molar-refractivity contribution is 5.52. The summed E-state index contributed by atoms with van der Waals surface area (Å²) in [5.41, 5.74) is 1.84. The second-order valence-electron chi connectivity index (χ2n) is 6.03. The summed E-state index contributed by atoms with van der Waals surface area (Å²) in [6.07, 6.45) is 3.38. The van der Waals surface area contributed by atoms with Crippen molar-refractivity contribution in [2.45, 2.75) is 52.1 Å². The predicted molar refractivity (Wildman–Crippen MR) is 79.1 cm³/mol. The van der Waals surface area contributed by atoms with Gasteiger partial charge in [0.1, 0.15) is 5.82 Å². The van der Waals surface area contributed by atoms with Crippen molar-refractivity contribution in [3.8, 4) is 0 Å². The number of anilines is 1. The lowest BCUT2D eigenvalue weighted by Gasteiger charge is -2.34. The Morgan fingerprint density at radius 1 is 1.37 bits per heavy atom. The molecule has 1 aliphatic heterocycles. The van der Waals surface area contributed by atoms with Crippen molar-refractivity contribution in [3.63, 3.8) is 0 Å². The Kier molecular flexibility index (Phi) is 4.46. The zero-order chi connectivity index (χ0) is 13.9. The first-order valence-corrected chi connectivity index (χ1v) is 7.31. The number of benzene rings is 1. The summed E-state index contributed by atoms with van der Waals surface area (Å²) in [4.78, 5) is 2.20. The van der Waals surface area contributed by atoms with Crippen molar-refractivity contribution in [1.29, 1.82) is 0 Å². The van der Waals surface area contributed by atoms with Crippen molar-refractivity contribution in [2.75, 3.05) is 18.0 Å². The van der Waals surface area contributed by atoms with E-state index in [2.05, 4.69) is 31.0 Å². The van der Waals surface area contributed by atoms with Crippen LogP contribution >= 0.6 is 0 Å². The first-order valence-electron chi connectivity index (χ1n) is 7.31. The van der Waals surface area contributed by atoms with Gasteiger partial charge in [-0.3, -0.25) is 0 Å². The van der Waals surface area contributed by atoms with Crippen LogP contribution in [0, 0.1) is 5.82 Å². The number of nitrogens with one attached hydrogen (secondary N) is 1. The minimum Gasteiger partial charge on any atom is -0.364 e. The third-order valence-corrected chi connectivity index (χ3v) is 3.96. The molecule has 0 unspecified atom stereocenters. The molecule has 19 heavy (non-hydrogen) atoms. The van der Waals surface area contributed by atoms with E-state index in [0.717, 1.165) is 50.1 Å². The van der Waals surface area contributed by atoms with Crippen LogP contribution in [0.4, 0.5) is 10.1 Å². The molecule has 0 atom stereocenters. The first kappa shape index (κ1) is 14.3. The lowest BCUT2D eigenvalue weighted by atomic mass is 10.0. The summed E-state index contributed by atoms with van der Waals surface area (Å²) in [5, 5.41) is 3.30. The maximum absolute atomic E-state index is 14.3. The molecule has 3 heteroatoms. The van der Waals surface area contributed by atoms with Crippen LogP contribution in [0.5, 0.6) is 0 Å². The Bertz CT molecular complexity index is 429. The van der Waals surface area contributed by atoms with Crippen LogP contribution in [0.1, 0.15) is 45.6 Å². The fourth-order valence-electron chi connectivity index (χ4n) is 2.84. The summed E-state index contributed by atoms with van der Waals surface area (Å²) >= 11 is 0. The highest BCUT2D eigenvalue weighted by Crippen LogP contribution is 2.35. The summed E-state index contributed by atoms with van der Waals surface area (Å²) in [5.74, 6) is -0.0919. The molecule has 1 aromatic carbocycles. The Balaban J connectivity index is 2.11. The van der Waals surface area contributed by atoms with Gasteiger partial charge in [-0.2, -0.15) is 0 Å². The molecule has 1 aliphatic rings. The van der Waals surface area contributed by atoms with Crippen LogP contribution < -0.4 is 10.2 Å². The lowest BCUT2D eigenvalue weighted by Crippen LogP contribution is -2.38. The van der Waals surface area contributed by atoms with Crippen LogP contribution in [-0.2, 0) is 6.54 Å². The van der Waals surface area contributed by atoms with Crippen molar-refractivity contribution in [2.24, 2.45) is 0 Å². The molecule has 1 heterocycles. The van der Waals surface area contributed by atoms with Gasteiger partial charge in [-0.05, 0) is 57.4 Å². The third-order valence-electron chi connectivity index (χ3n) is 3.96. The van der Waals surface area contributed by atoms with E-state index in [0.29, 0.717) is 0 Å². The molecule has 1 saturated heterocycles. The molecule has 106 valence electrons. The van der Waals surface area contributed by atoms with Crippen LogP contribution in [-0.4, -0.2) is 18.6 Å². The SMILES string of the molecule is CCCNCc1ccc(N2CCCC2(C)C)c(F)c1. The highest BCUT2D eigenvalue weighted by atomic mass is 19.1. The number of hydrogen-bond donors (Lipinski definition) is 1. The molecule has 1 fully saturated rings. The number of nitrogens with zero attached hydrogens (tertiary/aromatic N) is 1. The monoisotopic (exact) mass is 264 g/mol. The zero-order valence-electron chi connectivity index (χ0n) is 12.3. The predicted octanol–water partition coefficient (Wildman–Crippen LogP) is 3.70. The van der Waals surface area contributed by atoms with Crippen LogP contribution in [0.3, 0.4) is 0 Å². The smallest absolute Gasteiger partial charge is 0.146 e. The van der Waals surface area contributed by atoms with Crippen LogP contribution in [0.25, 0.3) is 0 Å². The Labute approximate surface area is 116 Å². The molecule has 2 nitrogen and oxygen atoms in total. The average Bonchev–Trinajstić information content (AvgIpc) is 2.70. The summed E-state index contributed by atoms with van der Waals surface area (Å²) in [6, 6.07) is 5.65. The van der Waals surface area contributed by atoms with Gasteiger partial charge in [0.15, 0.2) is 0 Å². The van der Waals surface area contributed by atoms with Gasteiger partial charge in [-0.1, -0.05) is 13.0 Å². The summed E-state index contributed by atoms with van der Waals surface area (Å²) < 4.78 is 14.3. The quantitative estimate of drug-likeness (QED) is 0.816. The first-order chi connectivity index (χ1) is 9.04. The lowest BCUT2D eigenvalue weighted by molar-refractivity contribution is 0.506. The van der Waals surface area contributed by atoms with Gasteiger partial charge in [0.25, 0.3) is 0 Å². The molecule has 0 saturated carbocycles. The molecule has 0 aliphatic carbocycles. The molecule has 1 N–H and O–H groups in total. The molecule has 0 bridgehead atoms. The number of hydrogen-bond acceptors (Lipinski definition) is 2. The zero-order valence-corrected chi connectivity index (χ0v) is 12.3. The third kappa shape index (κ3) is 3.27. The van der Waals surface area contributed by atoms with E-state index in [4.69, 9.17) is 0 Å². The molecular formula is C16H25FN2. The Morgan fingerprint density at radius 3 is 2.74 bits per heavy atom.